The number of fused-ring (bicyclic) bond motifs is 1. The minimum atomic E-state index is 0.835. The van der Waals surface area contributed by atoms with E-state index in [1.807, 2.05) is 17.8 Å². The lowest BCUT2D eigenvalue weighted by Gasteiger charge is -2.11. The van der Waals surface area contributed by atoms with Crippen molar-refractivity contribution in [2.75, 3.05) is 6.54 Å². The van der Waals surface area contributed by atoms with E-state index in [0.717, 1.165) is 35.7 Å². The molecule has 0 radical (unpaired) electrons. The average Bonchev–Trinajstić information content (AvgIpc) is 2.83. The summed E-state index contributed by atoms with van der Waals surface area (Å²) < 4.78 is 1.93. The lowest BCUT2D eigenvalue weighted by atomic mass is 10.1. The molecule has 0 spiro atoms. The smallest absolute Gasteiger partial charge is 0.161 e. The van der Waals surface area contributed by atoms with Crippen LogP contribution in [0.2, 0.25) is 0 Å². The Morgan fingerprint density at radius 3 is 2.57 bits per heavy atom. The molecule has 2 heterocycles. The zero-order valence-electron chi connectivity index (χ0n) is 12.7. The van der Waals surface area contributed by atoms with Crippen LogP contribution in [0.3, 0.4) is 0 Å². The van der Waals surface area contributed by atoms with Gasteiger partial charge in [-0.05, 0) is 37.4 Å². The van der Waals surface area contributed by atoms with Gasteiger partial charge in [-0.15, -0.1) is 0 Å². The zero-order chi connectivity index (χ0) is 14.8. The Labute approximate surface area is 124 Å². The fourth-order valence-corrected chi connectivity index (χ4v) is 2.65. The summed E-state index contributed by atoms with van der Waals surface area (Å²) in [5.41, 5.74) is 3.33. The number of nitrogens with zero attached hydrogens (tertiary/aromatic N) is 3. The molecule has 0 bridgehead atoms. The van der Waals surface area contributed by atoms with Crippen LogP contribution in [0.25, 0.3) is 16.6 Å². The summed E-state index contributed by atoms with van der Waals surface area (Å²) in [5.74, 6) is 0.899. The minimum Gasteiger partial charge on any atom is -0.313 e. The predicted molar refractivity (Wildman–Crippen MR) is 85.7 cm³/mol. The third-order valence-electron chi connectivity index (χ3n) is 3.63. The van der Waals surface area contributed by atoms with Crippen molar-refractivity contribution in [3.63, 3.8) is 0 Å². The second kappa shape index (κ2) is 5.66. The van der Waals surface area contributed by atoms with Gasteiger partial charge in [0.1, 0.15) is 0 Å². The van der Waals surface area contributed by atoms with Crippen LogP contribution in [0.4, 0.5) is 0 Å². The number of benzene rings is 1. The highest BCUT2D eigenvalue weighted by molar-refractivity contribution is 5.91. The summed E-state index contributed by atoms with van der Waals surface area (Å²) in [7, 11) is 0. The summed E-state index contributed by atoms with van der Waals surface area (Å²) in [4.78, 5) is 4.66. The van der Waals surface area contributed by atoms with Crippen LogP contribution in [0, 0.1) is 13.8 Å². The highest BCUT2D eigenvalue weighted by atomic mass is 15.3. The molecule has 21 heavy (non-hydrogen) atoms. The van der Waals surface area contributed by atoms with Crippen LogP contribution in [0.1, 0.15) is 23.9 Å². The Morgan fingerprint density at radius 2 is 1.90 bits per heavy atom. The summed E-state index contributed by atoms with van der Waals surface area (Å²) in [6.07, 6.45) is 1.96. The summed E-state index contributed by atoms with van der Waals surface area (Å²) in [6.45, 7) is 7.96. The molecule has 3 aromatic rings. The first kappa shape index (κ1) is 13.8. The number of aromatic nitrogens is 3. The Balaban J connectivity index is 2.19. The van der Waals surface area contributed by atoms with E-state index in [1.165, 1.54) is 10.9 Å². The molecule has 2 aromatic heterocycles. The Kier molecular flexibility index (Phi) is 3.71. The number of rotatable bonds is 4. The fraction of sp³-hybridized carbons (Fsp3) is 0.294. The third kappa shape index (κ3) is 2.54. The van der Waals surface area contributed by atoms with Crippen LogP contribution in [0.5, 0.6) is 0 Å². The minimum absolute atomic E-state index is 0.835. The van der Waals surface area contributed by atoms with Gasteiger partial charge in [0.15, 0.2) is 5.82 Å². The third-order valence-corrected chi connectivity index (χ3v) is 3.63. The normalized spacial score (nSPS) is 11.2. The lowest BCUT2D eigenvalue weighted by molar-refractivity contribution is 0.726. The maximum Gasteiger partial charge on any atom is 0.161 e. The molecule has 0 aliphatic rings. The van der Waals surface area contributed by atoms with E-state index < -0.39 is 0 Å². The summed E-state index contributed by atoms with van der Waals surface area (Å²) >= 11 is 0. The van der Waals surface area contributed by atoms with E-state index in [4.69, 9.17) is 0 Å². The van der Waals surface area contributed by atoms with Gasteiger partial charge in [0, 0.05) is 23.8 Å². The predicted octanol–water partition coefficient (Wildman–Crippen LogP) is 3.15. The Hall–Kier alpha value is -2.20. The topological polar surface area (TPSA) is 42.7 Å². The van der Waals surface area contributed by atoms with Gasteiger partial charge in [-0.2, -0.15) is 5.10 Å². The molecule has 3 rings (SSSR count). The van der Waals surface area contributed by atoms with Crippen molar-refractivity contribution in [3.05, 3.63) is 53.5 Å². The van der Waals surface area contributed by atoms with Crippen molar-refractivity contribution in [2.24, 2.45) is 0 Å². The first-order chi connectivity index (χ1) is 10.2. The fourth-order valence-electron chi connectivity index (χ4n) is 2.65. The quantitative estimate of drug-likeness (QED) is 0.798. The monoisotopic (exact) mass is 280 g/mol. The standard InChI is InChI=1S/C17H20N4/c1-4-18-10-14-11-19-17(16-8-6-5-7-15(14)16)21-13(3)9-12(2)20-21/h5-9,11,18H,4,10H2,1-3H3. The Bertz CT molecular complexity index is 774. The van der Waals surface area contributed by atoms with E-state index in [0.29, 0.717) is 0 Å². The second-order valence-corrected chi connectivity index (χ2v) is 5.27. The zero-order valence-corrected chi connectivity index (χ0v) is 12.7. The molecule has 0 unspecified atom stereocenters. The van der Waals surface area contributed by atoms with Crippen molar-refractivity contribution < 1.29 is 0 Å². The number of nitrogens with one attached hydrogen (secondary N) is 1. The van der Waals surface area contributed by atoms with Gasteiger partial charge < -0.3 is 5.32 Å². The summed E-state index contributed by atoms with van der Waals surface area (Å²) in [5, 5.41) is 10.3. The first-order valence-electron chi connectivity index (χ1n) is 7.31. The van der Waals surface area contributed by atoms with Crippen LogP contribution >= 0.6 is 0 Å². The average molecular weight is 280 g/mol. The molecule has 1 aromatic carbocycles. The van der Waals surface area contributed by atoms with E-state index in [1.54, 1.807) is 0 Å². The molecular weight excluding hydrogens is 260 g/mol. The van der Waals surface area contributed by atoms with Gasteiger partial charge in [0.05, 0.1) is 5.69 Å². The van der Waals surface area contributed by atoms with Gasteiger partial charge >= 0.3 is 0 Å². The maximum atomic E-state index is 4.66. The molecule has 4 heteroatoms. The summed E-state index contributed by atoms with van der Waals surface area (Å²) in [6, 6.07) is 10.5. The van der Waals surface area contributed by atoms with Crippen molar-refractivity contribution in [2.45, 2.75) is 27.3 Å². The molecule has 0 amide bonds. The lowest BCUT2D eigenvalue weighted by Crippen LogP contribution is -2.13. The number of hydrogen-bond donors (Lipinski definition) is 1. The highest BCUT2D eigenvalue weighted by Gasteiger charge is 2.11. The van der Waals surface area contributed by atoms with Crippen molar-refractivity contribution in [3.8, 4) is 5.82 Å². The molecule has 0 saturated heterocycles. The maximum absolute atomic E-state index is 4.66. The first-order valence-corrected chi connectivity index (χ1v) is 7.31. The van der Waals surface area contributed by atoms with Crippen LogP contribution in [-0.2, 0) is 6.54 Å². The van der Waals surface area contributed by atoms with Gasteiger partial charge in [0.25, 0.3) is 0 Å². The molecule has 0 fully saturated rings. The van der Waals surface area contributed by atoms with Crippen LogP contribution in [-0.4, -0.2) is 21.3 Å². The number of pyridine rings is 1. The van der Waals surface area contributed by atoms with E-state index in [2.05, 4.69) is 59.6 Å². The van der Waals surface area contributed by atoms with Crippen molar-refractivity contribution >= 4 is 10.8 Å². The van der Waals surface area contributed by atoms with E-state index >= 15 is 0 Å². The molecule has 0 aliphatic heterocycles. The second-order valence-electron chi connectivity index (χ2n) is 5.27. The number of hydrogen-bond acceptors (Lipinski definition) is 3. The molecule has 0 aliphatic carbocycles. The highest BCUT2D eigenvalue weighted by Crippen LogP contribution is 2.24. The molecule has 4 nitrogen and oxygen atoms in total. The van der Waals surface area contributed by atoms with Crippen molar-refractivity contribution in [1.29, 1.82) is 0 Å². The Morgan fingerprint density at radius 1 is 1.14 bits per heavy atom. The molecule has 0 saturated carbocycles. The van der Waals surface area contributed by atoms with Crippen LogP contribution in [0.15, 0.2) is 36.5 Å². The van der Waals surface area contributed by atoms with E-state index in [9.17, 15) is 0 Å². The van der Waals surface area contributed by atoms with Crippen LogP contribution < -0.4 is 5.32 Å². The van der Waals surface area contributed by atoms with Gasteiger partial charge in [-0.3, -0.25) is 0 Å². The molecule has 0 atom stereocenters. The van der Waals surface area contributed by atoms with Gasteiger partial charge in [-0.1, -0.05) is 31.2 Å². The SMILES string of the molecule is CCNCc1cnc(-n2nc(C)cc2C)c2ccccc12. The van der Waals surface area contributed by atoms with Crippen molar-refractivity contribution in [1.82, 2.24) is 20.1 Å². The molecule has 1 N–H and O–H groups in total. The number of aryl methyl sites for hydroxylation is 2. The van der Waals surface area contributed by atoms with Gasteiger partial charge in [-0.25, -0.2) is 9.67 Å². The molecular formula is C17H20N4. The van der Waals surface area contributed by atoms with Gasteiger partial charge in [0.2, 0.25) is 0 Å². The molecule has 108 valence electrons. The van der Waals surface area contributed by atoms with E-state index in [-0.39, 0.29) is 0 Å². The largest absolute Gasteiger partial charge is 0.313 e.